The summed E-state index contributed by atoms with van der Waals surface area (Å²) in [6, 6.07) is 17.4. The number of carbonyl (C=O) groups is 1. The molecule has 2 aromatic carbocycles. The molecule has 0 aliphatic rings. The van der Waals surface area contributed by atoms with Crippen LogP contribution in [0.4, 0.5) is 0 Å². The van der Waals surface area contributed by atoms with Gasteiger partial charge in [-0.15, -0.1) is 0 Å². The summed E-state index contributed by atoms with van der Waals surface area (Å²) < 4.78 is 5.85. The lowest BCUT2D eigenvalue weighted by molar-refractivity contribution is -0.122. The van der Waals surface area contributed by atoms with Crippen LogP contribution in [0, 0.1) is 5.92 Å². The van der Waals surface area contributed by atoms with Crippen molar-refractivity contribution < 1.29 is 9.53 Å². The highest BCUT2D eigenvalue weighted by Crippen LogP contribution is 2.21. The van der Waals surface area contributed by atoms with E-state index in [4.69, 9.17) is 10.5 Å². The van der Waals surface area contributed by atoms with Gasteiger partial charge in [-0.05, 0) is 42.5 Å². The summed E-state index contributed by atoms with van der Waals surface area (Å²) in [5, 5.41) is 3.06. The van der Waals surface area contributed by atoms with Crippen LogP contribution in [-0.2, 0) is 4.79 Å². The molecular formula is C23H32N2O2. The predicted octanol–water partition coefficient (Wildman–Crippen LogP) is 4.42. The van der Waals surface area contributed by atoms with Gasteiger partial charge in [-0.2, -0.15) is 0 Å². The highest BCUT2D eigenvalue weighted by Gasteiger charge is 2.19. The van der Waals surface area contributed by atoms with Gasteiger partial charge in [-0.1, -0.05) is 62.7 Å². The van der Waals surface area contributed by atoms with Crippen LogP contribution in [0.15, 0.2) is 54.6 Å². The smallest absolute Gasteiger partial charge is 0.227 e. The Hall–Kier alpha value is -2.33. The van der Waals surface area contributed by atoms with Gasteiger partial charge in [0, 0.05) is 6.54 Å². The van der Waals surface area contributed by atoms with E-state index >= 15 is 0 Å². The van der Waals surface area contributed by atoms with Gasteiger partial charge in [0.25, 0.3) is 0 Å². The number of hydrogen-bond donors (Lipinski definition) is 2. The molecule has 0 saturated heterocycles. The number of hydrogen-bond acceptors (Lipinski definition) is 3. The van der Waals surface area contributed by atoms with E-state index in [0.717, 1.165) is 23.5 Å². The Morgan fingerprint density at radius 1 is 1.04 bits per heavy atom. The summed E-state index contributed by atoms with van der Waals surface area (Å²) >= 11 is 0. The summed E-state index contributed by atoms with van der Waals surface area (Å²) in [4.78, 5) is 12.6. The maximum atomic E-state index is 12.6. The van der Waals surface area contributed by atoms with Crippen molar-refractivity contribution in [1.82, 2.24) is 5.32 Å². The lowest BCUT2D eigenvalue weighted by Gasteiger charge is -2.21. The van der Waals surface area contributed by atoms with Crippen LogP contribution < -0.4 is 15.8 Å². The third-order valence-corrected chi connectivity index (χ3v) is 4.84. The summed E-state index contributed by atoms with van der Waals surface area (Å²) in [5.41, 5.74) is 7.90. The van der Waals surface area contributed by atoms with E-state index in [1.54, 1.807) is 0 Å². The Kier molecular flexibility index (Phi) is 8.34. The van der Waals surface area contributed by atoms with Crippen molar-refractivity contribution in [2.75, 3.05) is 13.2 Å². The van der Waals surface area contributed by atoms with Gasteiger partial charge in [0.15, 0.2) is 0 Å². The normalized spacial score (nSPS) is 14.2. The van der Waals surface area contributed by atoms with Crippen LogP contribution in [0.1, 0.15) is 56.7 Å². The molecule has 0 saturated carbocycles. The Morgan fingerprint density at radius 2 is 1.70 bits per heavy atom. The molecular weight excluding hydrogens is 336 g/mol. The minimum atomic E-state index is -0.220. The summed E-state index contributed by atoms with van der Waals surface area (Å²) in [6.45, 7) is 7.36. The third-order valence-electron chi connectivity index (χ3n) is 4.84. The SMILES string of the molecule is CCCC(C)COc1ccc([C@H](CN)NC(=O)[C@@H](C)c2ccccc2)cc1. The van der Waals surface area contributed by atoms with E-state index < -0.39 is 0 Å². The number of nitrogens with one attached hydrogen (secondary N) is 1. The van der Waals surface area contributed by atoms with Crippen LogP contribution in [0.25, 0.3) is 0 Å². The Labute approximate surface area is 163 Å². The van der Waals surface area contributed by atoms with E-state index in [1.165, 1.54) is 12.8 Å². The maximum absolute atomic E-state index is 12.6. The molecule has 0 fully saturated rings. The number of benzene rings is 2. The van der Waals surface area contributed by atoms with Gasteiger partial charge >= 0.3 is 0 Å². The second kappa shape index (κ2) is 10.7. The zero-order chi connectivity index (χ0) is 19.6. The number of rotatable bonds is 10. The van der Waals surface area contributed by atoms with Crippen LogP contribution in [0.5, 0.6) is 5.75 Å². The highest BCUT2D eigenvalue weighted by molar-refractivity contribution is 5.83. The predicted molar refractivity (Wildman–Crippen MR) is 111 cm³/mol. The summed E-state index contributed by atoms with van der Waals surface area (Å²) in [5.74, 6) is 1.15. The molecule has 0 radical (unpaired) electrons. The molecule has 0 bridgehead atoms. The molecule has 1 amide bonds. The van der Waals surface area contributed by atoms with Gasteiger partial charge in [0.2, 0.25) is 5.91 Å². The molecule has 0 spiro atoms. The van der Waals surface area contributed by atoms with Crippen molar-refractivity contribution in [3.63, 3.8) is 0 Å². The van der Waals surface area contributed by atoms with Crippen LogP contribution >= 0.6 is 0 Å². The molecule has 0 aliphatic heterocycles. The molecule has 4 nitrogen and oxygen atoms in total. The molecule has 2 rings (SSSR count). The Balaban J connectivity index is 1.95. The second-order valence-corrected chi connectivity index (χ2v) is 7.20. The van der Waals surface area contributed by atoms with Crippen molar-refractivity contribution in [2.24, 2.45) is 11.7 Å². The molecule has 27 heavy (non-hydrogen) atoms. The zero-order valence-electron chi connectivity index (χ0n) is 16.7. The van der Waals surface area contributed by atoms with E-state index in [2.05, 4.69) is 19.2 Å². The number of carbonyl (C=O) groups excluding carboxylic acids is 1. The quantitative estimate of drug-likeness (QED) is 0.652. The summed E-state index contributed by atoms with van der Waals surface area (Å²) in [6.07, 6.45) is 2.34. The van der Waals surface area contributed by atoms with Crippen LogP contribution in [0.2, 0.25) is 0 Å². The standard InChI is InChI=1S/C23H32N2O2/c1-4-8-17(2)16-27-21-13-11-20(12-14-21)22(15-24)25-23(26)18(3)19-9-6-5-7-10-19/h5-7,9-14,17-18,22H,4,8,15-16,24H2,1-3H3,(H,25,26)/t17?,18-,22-/m0/s1. The maximum Gasteiger partial charge on any atom is 0.227 e. The molecule has 1 unspecified atom stereocenters. The van der Waals surface area contributed by atoms with E-state index in [-0.39, 0.29) is 17.9 Å². The van der Waals surface area contributed by atoms with Gasteiger partial charge < -0.3 is 15.8 Å². The fourth-order valence-corrected chi connectivity index (χ4v) is 3.08. The Bertz CT molecular complexity index is 685. The number of amides is 1. The van der Waals surface area contributed by atoms with Gasteiger partial charge in [-0.3, -0.25) is 4.79 Å². The highest BCUT2D eigenvalue weighted by atomic mass is 16.5. The fourth-order valence-electron chi connectivity index (χ4n) is 3.08. The molecule has 2 aromatic rings. The molecule has 3 atom stereocenters. The van der Waals surface area contributed by atoms with Crippen molar-refractivity contribution in [3.05, 3.63) is 65.7 Å². The van der Waals surface area contributed by atoms with E-state index in [0.29, 0.717) is 12.5 Å². The molecule has 3 N–H and O–H groups in total. The van der Waals surface area contributed by atoms with E-state index in [9.17, 15) is 4.79 Å². The fraction of sp³-hybridized carbons (Fsp3) is 0.435. The van der Waals surface area contributed by atoms with Gasteiger partial charge in [-0.25, -0.2) is 0 Å². The largest absolute Gasteiger partial charge is 0.493 e. The van der Waals surface area contributed by atoms with Crippen LogP contribution in [-0.4, -0.2) is 19.1 Å². The molecule has 4 heteroatoms. The van der Waals surface area contributed by atoms with Crippen molar-refractivity contribution in [3.8, 4) is 5.75 Å². The lowest BCUT2D eigenvalue weighted by Crippen LogP contribution is -2.35. The van der Waals surface area contributed by atoms with Crippen molar-refractivity contribution in [2.45, 2.75) is 45.6 Å². The molecule has 0 aromatic heterocycles. The first-order chi connectivity index (χ1) is 13.0. The van der Waals surface area contributed by atoms with E-state index in [1.807, 2.05) is 61.5 Å². The average Bonchev–Trinajstić information content (AvgIpc) is 2.71. The average molecular weight is 369 g/mol. The molecule has 0 aliphatic carbocycles. The minimum absolute atomic E-state index is 0.0228. The van der Waals surface area contributed by atoms with Gasteiger partial charge in [0.1, 0.15) is 5.75 Å². The van der Waals surface area contributed by atoms with Crippen molar-refractivity contribution in [1.29, 1.82) is 0 Å². The Morgan fingerprint density at radius 3 is 2.30 bits per heavy atom. The molecule has 146 valence electrons. The monoisotopic (exact) mass is 368 g/mol. The van der Waals surface area contributed by atoms with Crippen LogP contribution in [0.3, 0.4) is 0 Å². The zero-order valence-corrected chi connectivity index (χ0v) is 16.7. The van der Waals surface area contributed by atoms with Crippen molar-refractivity contribution >= 4 is 5.91 Å². The minimum Gasteiger partial charge on any atom is -0.493 e. The first kappa shape index (κ1) is 21.0. The first-order valence-electron chi connectivity index (χ1n) is 9.83. The summed E-state index contributed by atoms with van der Waals surface area (Å²) in [7, 11) is 0. The topological polar surface area (TPSA) is 64.3 Å². The number of ether oxygens (including phenoxy) is 1. The number of nitrogens with two attached hydrogens (primary N) is 1. The third kappa shape index (κ3) is 6.40. The second-order valence-electron chi connectivity index (χ2n) is 7.20. The van der Waals surface area contributed by atoms with Gasteiger partial charge in [0.05, 0.1) is 18.6 Å². The first-order valence-corrected chi connectivity index (χ1v) is 9.83. The molecule has 0 heterocycles. The lowest BCUT2D eigenvalue weighted by atomic mass is 9.99.